The lowest BCUT2D eigenvalue weighted by atomic mass is 9.50. The predicted molar refractivity (Wildman–Crippen MR) is 115 cm³/mol. The van der Waals surface area contributed by atoms with Crippen LogP contribution in [-0.4, -0.2) is 35.5 Å². The van der Waals surface area contributed by atoms with Crippen LogP contribution in [0.2, 0.25) is 0 Å². The summed E-state index contributed by atoms with van der Waals surface area (Å²) in [6.07, 6.45) is 11.7. The van der Waals surface area contributed by atoms with Crippen LogP contribution >= 0.6 is 0 Å². The number of allylic oxidation sites excluding steroid dienone is 2. The van der Waals surface area contributed by atoms with Gasteiger partial charge in [-0.3, -0.25) is 0 Å². The Labute approximate surface area is 175 Å². The molecule has 0 radical (unpaired) electrons. The summed E-state index contributed by atoms with van der Waals surface area (Å²) < 4.78 is 5.25. The number of cyclic esters (lactones) is 1. The van der Waals surface area contributed by atoms with Crippen molar-refractivity contribution in [1.82, 2.24) is 0 Å². The van der Waals surface area contributed by atoms with Crippen LogP contribution < -0.4 is 0 Å². The number of fused-ring (bicyclic) bond motifs is 1. The van der Waals surface area contributed by atoms with Crippen molar-refractivity contribution < 1.29 is 19.7 Å². The summed E-state index contributed by atoms with van der Waals surface area (Å²) in [6.45, 7) is 9.53. The third kappa shape index (κ3) is 4.54. The second-order valence-electron chi connectivity index (χ2n) is 10.2. The minimum Gasteiger partial charge on any atom is -0.454 e. The average Bonchev–Trinajstić information content (AvgIpc) is 3.02. The van der Waals surface area contributed by atoms with Crippen molar-refractivity contribution in [3.05, 3.63) is 34.4 Å². The first-order valence-electron chi connectivity index (χ1n) is 11.2. The molecule has 2 aliphatic carbocycles. The summed E-state index contributed by atoms with van der Waals surface area (Å²) in [5, 5.41) is 19.3. The number of aliphatic hydroxyl groups excluding tert-OH is 2. The van der Waals surface area contributed by atoms with E-state index >= 15 is 0 Å². The van der Waals surface area contributed by atoms with Crippen LogP contribution in [0.15, 0.2) is 34.4 Å². The Morgan fingerprint density at radius 2 is 2.03 bits per heavy atom. The van der Waals surface area contributed by atoms with Crippen LogP contribution in [-0.2, 0) is 9.53 Å². The zero-order valence-electron chi connectivity index (χ0n) is 18.6. The molecule has 0 bridgehead atoms. The van der Waals surface area contributed by atoms with Gasteiger partial charge in [0.05, 0.1) is 13.2 Å². The maximum atomic E-state index is 11.4. The summed E-state index contributed by atoms with van der Waals surface area (Å²) >= 11 is 0. The van der Waals surface area contributed by atoms with Gasteiger partial charge in [-0.25, -0.2) is 4.79 Å². The first kappa shape index (κ1) is 22.3. The van der Waals surface area contributed by atoms with Gasteiger partial charge < -0.3 is 14.9 Å². The Morgan fingerprint density at radius 1 is 1.28 bits per heavy atom. The Balaban J connectivity index is 1.69. The van der Waals surface area contributed by atoms with E-state index in [-0.39, 0.29) is 24.6 Å². The van der Waals surface area contributed by atoms with Crippen molar-refractivity contribution in [2.24, 2.45) is 16.7 Å². The molecule has 0 amide bonds. The molecule has 0 saturated heterocycles. The lowest BCUT2D eigenvalue weighted by molar-refractivity contribution is -0.138. The monoisotopic (exact) mass is 402 g/mol. The molecule has 4 heteroatoms. The highest BCUT2D eigenvalue weighted by Crippen LogP contribution is 2.60. The third-order valence-electron chi connectivity index (χ3n) is 7.92. The Kier molecular flexibility index (Phi) is 6.74. The fourth-order valence-electron chi connectivity index (χ4n) is 6.34. The fourth-order valence-corrected chi connectivity index (χ4v) is 6.34. The highest BCUT2D eigenvalue weighted by molar-refractivity contribution is 5.85. The molecule has 1 heterocycles. The molecule has 3 aliphatic rings. The van der Waals surface area contributed by atoms with E-state index in [1.54, 1.807) is 11.1 Å². The highest BCUT2D eigenvalue weighted by atomic mass is 16.5. The number of rotatable bonds is 7. The van der Waals surface area contributed by atoms with Gasteiger partial charge in [0.1, 0.15) is 6.10 Å². The normalized spacial score (nSPS) is 32.1. The lowest BCUT2D eigenvalue weighted by Crippen LogP contribution is -2.45. The van der Waals surface area contributed by atoms with E-state index in [4.69, 9.17) is 4.74 Å². The van der Waals surface area contributed by atoms with Crippen LogP contribution in [0.5, 0.6) is 0 Å². The van der Waals surface area contributed by atoms with Gasteiger partial charge in [-0.05, 0) is 67.8 Å². The van der Waals surface area contributed by atoms with Crippen molar-refractivity contribution in [1.29, 1.82) is 0 Å². The van der Waals surface area contributed by atoms with Crippen molar-refractivity contribution in [3.63, 3.8) is 0 Å². The van der Waals surface area contributed by atoms with E-state index in [0.29, 0.717) is 17.4 Å². The molecule has 3 rings (SSSR count). The first-order valence-corrected chi connectivity index (χ1v) is 11.2. The van der Waals surface area contributed by atoms with Gasteiger partial charge in [0.25, 0.3) is 0 Å². The number of hydrogen-bond donors (Lipinski definition) is 2. The van der Waals surface area contributed by atoms with Gasteiger partial charge in [-0.1, -0.05) is 44.4 Å². The molecular weight excluding hydrogens is 364 g/mol. The topological polar surface area (TPSA) is 66.8 Å². The van der Waals surface area contributed by atoms with Crippen molar-refractivity contribution >= 4 is 5.97 Å². The lowest BCUT2D eigenvalue weighted by Gasteiger charge is -2.55. The number of carbonyl (C=O) groups is 1. The van der Waals surface area contributed by atoms with Gasteiger partial charge in [0.2, 0.25) is 0 Å². The quantitative estimate of drug-likeness (QED) is 0.471. The van der Waals surface area contributed by atoms with E-state index in [1.807, 2.05) is 6.08 Å². The molecule has 162 valence electrons. The molecule has 1 saturated carbocycles. The van der Waals surface area contributed by atoms with Gasteiger partial charge in [0.15, 0.2) is 0 Å². The van der Waals surface area contributed by atoms with E-state index in [2.05, 4.69) is 27.7 Å². The molecule has 0 unspecified atom stereocenters. The van der Waals surface area contributed by atoms with Crippen LogP contribution in [0.4, 0.5) is 0 Å². The first-order chi connectivity index (χ1) is 13.7. The maximum absolute atomic E-state index is 11.4. The Hall–Kier alpha value is -1.39. The van der Waals surface area contributed by atoms with E-state index < -0.39 is 6.10 Å². The third-order valence-corrected chi connectivity index (χ3v) is 7.92. The predicted octanol–water partition coefficient (Wildman–Crippen LogP) is 4.86. The second-order valence-corrected chi connectivity index (χ2v) is 10.2. The van der Waals surface area contributed by atoms with E-state index in [0.717, 1.165) is 24.3 Å². The summed E-state index contributed by atoms with van der Waals surface area (Å²) in [6, 6.07) is 0. The summed E-state index contributed by atoms with van der Waals surface area (Å²) in [5.74, 6) is 0.346. The summed E-state index contributed by atoms with van der Waals surface area (Å²) in [4.78, 5) is 11.4. The summed E-state index contributed by atoms with van der Waals surface area (Å²) in [7, 11) is 0. The second kappa shape index (κ2) is 8.77. The fraction of sp³-hybridized carbons (Fsp3) is 0.720. The number of esters is 1. The molecule has 0 aromatic carbocycles. The number of ether oxygens (including phenoxy) is 1. The van der Waals surface area contributed by atoms with Crippen molar-refractivity contribution in [2.75, 3.05) is 13.2 Å². The van der Waals surface area contributed by atoms with E-state index in [1.165, 1.54) is 38.2 Å². The molecule has 4 nitrogen and oxygen atoms in total. The Bertz CT molecular complexity index is 727. The van der Waals surface area contributed by atoms with Gasteiger partial charge in [0, 0.05) is 18.1 Å². The smallest absolute Gasteiger partial charge is 0.331 e. The number of hydrogen-bond acceptors (Lipinski definition) is 4. The molecule has 0 aromatic heterocycles. The van der Waals surface area contributed by atoms with Crippen LogP contribution in [0.1, 0.15) is 79.1 Å². The van der Waals surface area contributed by atoms with Crippen molar-refractivity contribution in [3.8, 4) is 0 Å². The van der Waals surface area contributed by atoms with Crippen LogP contribution in [0.3, 0.4) is 0 Å². The minimum atomic E-state index is -0.397. The summed E-state index contributed by atoms with van der Waals surface area (Å²) in [5.41, 5.74) is 5.45. The minimum absolute atomic E-state index is 0.0246. The molecule has 29 heavy (non-hydrogen) atoms. The molecule has 0 aromatic rings. The maximum Gasteiger partial charge on any atom is 0.331 e. The van der Waals surface area contributed by atoms with Crippen LogP contribution in [0.25, 0.3) is 0 Å². The molecule has 1 aliphatic heterocycles. The SMILES string of the molecule is CC1=C(CC/C(=C/C[C@H]2OC(=O)C=C2CO)CO)[C@@]2(C)CCCC(C)(C)[C@@H]2CC1. The zero-order valence-corrected chi connectivity index (χ0v) is 18.6. The zero-order chi connectivity index (χ0) is 21.2. The molecule has 3 atom stereocenters. The molecule has 2 N–H and O–H groups in total. The van der Waals surface area contributed by atoms with Crippen LogP contribution in [0, 0.1) is 16.7 Å². The Morgan fingerprint density at radius 3 is 2.72 bits per heavy atom. The van der Waals surface area contributed by atoms with Gasteiger partial charge >= 0.3 is 5.97 Å². The van der Waals surface area contributed by atoms with Crippen molar-refractivity contribution in [2.45, 2.75) is 85.2 Å². The molecule has 1 fully saturated rings. The van der Waals surface area contributed by atoms with E-state index in [9.17, 15) is 15.0 Å². The molecular formula is C25H38O4. The number of carbonyl (C=O) groups excluding carboxylic acids is 1. The van der Waals surface area contributed by atoms with Gasteiger partial charge in [-0.2, -0.15) is 0 Å². The largest absolute Gasteiger partial charge is 0.454 e. The molecule has 0 spiro atoms. The van der Waals surface area contributed by atoms with Gasteiger partial charge in [-0.15, -0.1) is 0 Å². The standard InChI is InChI=1S/C25H38O4/c1-17-6-11-22-24(2,3)12-5-13-25(22,4)20(17)9-7-18(15-26)8-10-21-19(16-27)14-23(28)29-21/h8,14,21-22,26-27H,5-7,9-13,15-16H2,1-4H3/b18-8-/t21-,22+,25-/m1/s1. The number of aliphatic hydroxyl groups is 2. The average molecular weight is 403 g/mol. The highest BCUT2D eigenvalue weighted by Gasteiger charge is 2.49.